The van der Waals surface area contributed by atoms with Gasteiger partial charge in [-0.2, -0.15) is 0 Å². The first-order chi connectivity index (χ1) is 14.3. The van der Waals surface area contributed by atoms with Crippen molar-refractivity contribution in [3.63, 3.8) is 0 Å². The van der Waals surface area contributed by atoms with Crippen molar-refractivity contribution >= 4 is 0 Å². The molecule has 1 rings (SSSR count). The van der Waals surface area contributed by atoms with Crippen LogP contribution in [-0.2, 0) is 17.4 Å². The first-order valence-corrected chi connectivity index (χ1v) is 13.0. The average Bonchev–Trinajstić information content (AvgIpc) is 2.62. The van der Waals surface area contributed by atoms with Crippen LogP contribution in [0.25, 0.3) is 0 Å². The summed E-state index contributed by atoms with van der Waals surface area (Å²) in [4.78, 5) is 0. The predicted octanol–water partition coefficient (Wildman–Crippen LogP) is 5.49. The third-order valence-electron chi connectivity index (χ3n) is 6.51. The molecule has 0 unspecified atom stereocenters. The number of halogens is 1. The van der Waals surface area contributed by atoms with Crippen LogP contribution in [0.2, 0.25) is 0 Å². The van der Waals surface area contributed by atoms with Crippen LogP contribution in [0.3, 0.4) is 0 Å². The van der Waals surface area contributed by atoms with Gasteiger partial charge in [-0.05, 0) is 35.8 Å². The van der Waals surface area contributed by atoms with Gasteiger partial charge in [0, 0.05) is 16.7 Å². The maximum Gasteiger partial charge on any atom is 0.123 e. The van der Waals surface area contributed by atoms with E-state index in [2.05, 4.69) is 74.7 Å². The number of nitrogens with zero attached hydrogens (tertiary/aromatic N) is 1. The molecule has 0 amide bonds. The standard InChI is InChI=1S/C29H53NO.BrH/c1-10-11-12-13-14-15-16-17-18-19-20-30(8,9)23-24-21-25(28(2,3)4)27(31)26(22-24)29(5,6)7;/h21-22H,10-20,23H2,1-9H3;1H. The summed E-state index contributed by atoms with van der Waals surface area (Å²) in [6.45, 7) is 17.7. The average molecular weight is 513 g/mol. The Hall–Kier alpha value is -0.540. The Morgan fingerprint density at radius 2 is 1.06 bits per heavy atom. The maximum atomic E-state index is 11.0. The third kappa shape index (κ3) is 11.5. The highest BCUT2D eigenvalue weighted by atomic mass is 79.9. The van der Waals surface area contributed by atoms with Crippen molar-refractivity contribution in [3.8, 4) is 5.75 Å². The minimum Gasteiger partial charge on any atom is -1.00 e. The van der Waals surface area contributed by atoms with Crippen LogP contribution in [0.15, 0.2) is 12.1 Å². The molecule has 0 heterocycles. The zero-order chi connectivity index (χ0) is 23.7. The molecule has 32 heavy (non-hydrogen) atoms. The molecule has 3 heteroatoms. The van der Waals surface area contributed by atoms with E-state index in [1.807, 2.05) is 0 Å². The van der Waals surface area contributed by atoms with Gasteiger partial charge in [-0.25, -0.2) is 0 Å². The van der Waals surface area contributed by atoms with E-state index in [1.165, 1.54) is 76.3 Å². The number of hydrogen-bond acceptors (Lipinski definition) is 1. The van der Waals surface area contributed by atoms with Crippen molar-refractivity contribution in [1.82, 2.24) is 0 Å². The molecule has 0 radical (unpaired) electrons. The molecule has 0 saturated heterocycles. The van der Waals surface area contributed by atoms with E-state index in [-0.39, 0.29) is 27.8 Å². The number of aromatic hydroxyl groups is 1. The third-order valence-corrected chi connectivity index (χ3v) is 6.51. The Morgan fingerprint density at radius 1 is 0.688 bits per heavy atom. The summed E-state index contributed by atoms with van der Waals surface area (Å²) in [6.07, 6.45) is 13.9. The number of benzene rings is 1. The monoisotopic (exact) mass is 511 g/mol. The summed E-state index contributed by atoms with van der Waals surface area (Å²) in [5.41, 5.74) is 3.38. The molecule has 1 N–H and O–H groups in total. The van der Waals surface area contributed by atoms with Crippen LogP contribution < -0.4 is 17.0 Å². The summed E-state index contributed by atoms with van der Waals surface area (Å²) in [6, 6.07) is 4.51. The van der Waals surface area contributed by atoms with Gasteiger partial charge in [-0.1, -0.05) is 99.8 Å². The zero-order valence-corrected chi connectivity index (χ0v) is 24.5. The lowest BCUT2D eigenvalue weighted by atomic mass is 9.78. The van der Waals surface area contributed by atoms with Gasteiger partial charge in [0.15, 0.2) is 0 Å². The Bertz CT molecular complexity index is 617. The Balaban J connectivity index is 0.00000961. The molecule has 0 saturated carbocycles. The van der Waals surface area contributed by atoms with Crippen LogP contribution in [0.4, 0.5) is 0 Å². The van der Waals surface area contributed by atoms with Crippen LogP contribution in [-0.4, -0.2) is 30.2 Å². The highest BCUT2D eigenvalue weighted by Crippen LogP contribution is 2.40. The second-order valence-electron chi connectivity index (χ2n) is 12.5. The molecule has 1 aromatic carbocycles. The van der Waals surface area contributed by atoms with Crippen molar-refractivity contribution in [2.24, 2.45) is 0 Å². The topological polar surface area (TPSA) is 20.2 Å². The largest absolute Gasteiger partial charge is 1.00 e. The molecular weight excluding hydrogens is 458 g/mol. The summed E-state index contributed by atoms with van der Waals surface area (Å²) in [5, 5.41) is 11.0. The van der Waals surface area contributed by atoms with Gasteiger partial charge in [-0.15, -0.1) is 0 Å². The van der Waals surface area contributed by atoms with Gasteiger partial charge in [-0.3, -0.25) is 0 Å². The number of phenolic OH excluding ortho intramolecular Hbond substituents is 1. The van der Waals surface area contributed by atoms with E-state index < -0.39 is 0 Å². The van der Waals surface area contributed by atoms with Crippen molar-refractivity contribution in [1.29, 1.82) is 0 Å². The van der Waals surface area contributed by atoms with Gasteiger partial charge >= 0.3 is 0 Å². The first-order valence-electron chi connectivity index (χ1n) is 13.0. The fourth-order valence-corrected chi connectivity index (χ4v) is 4.53. The van der Waals surface area contributed by atoms with Gasteiger partial charge in [0.2, 0.25) is 0 Å². The fraction of sp³-hybridized carbons (Fsp3) is 0.793. The van der Waals surface area contributed by atoms with Crippen LogP contribution in [0, 0.1) is 0 Å². The molecule has 0 aliphatic carbocycles. The molecule has 0 aliphatic heterocycles. The molecule has 0 spiro atoms. The SMILES string of the molecule is CCCCCCCCCCCC[N+](C)(C)Cc1cc(C(C)(C)C)c(O)c(C(C)(C)C)c1.[Br-]. The molecule has 0 atom stereocenters. The normalized spacial score (nSPS) is 12.7. The fourth-order valence-electron chi connectivity index (χ4n) is 4.53. The molecule has 0 fully saturated rings. The highest BCUT2D eigenvalue weighted by molar-refractivity contribution is 5.49. The number of unbranched alkanes of at least 4 members (excludes halogenated alkanes) is 9. The molecule has 2 nitrogen and oxygen atoms in total. The summed E-state index contributed by atoms with van der Waals surface area (Å²) in [5.74, 6) is 0.490. The lowest BCUT2D eigenvalue weighted by Crippen LogP contribution is -3.00. The van der Waals surface area contributed by atoms with E-state index in [4.69, 9.17) is 0 Å². The number of quaternary nitrogens is 1. The minimum absolute atomic E-state index is 0. The van der Waals surface area contributed by atoms with Crippen LogP contribution in [0.1, 0.15) is 129 Å². The quantitative estimate of drug-likeness (QED) is 0.274. The van der Waals surface area contributed by atoms with E-state index >= 15 is 0 Å². The number of rotatable bonds is 13. The lowest BCUT2D eigenvalue weighted by molar-refractivity contribution is -0.903. The van der Waals surface area contributed by atoms with Crippen molar-refractivity contribution in [3.05, 3.63) is 28.8 Å². The Morgan fingerprint density at radius 3 is 1.44 bits per heavy atom. The van der Waals surface area contributed by atoms with Gasteiger partial charge in [0.25, 0.3) is 0 Å². The van der Waals surface area contributed by atoms with E-state index in [0.29, 0.717) is 5.75 Å². The Kier molecular flexibility index (Phi) is 13.8. The van der Waals surface area contributed by atoms with Gasteiger partial charge < -0.3 is 26.6 Å². The summed E-state index contributed by atoms with van der Waals surface area (Å²) < 4.78 is 1.01. The molecule has 0 aromatic heterocycles. The lowest BCUT2D eigenvalue weighted by Gasteiger charge is -2.33. The number of phenols is 1. The van der Waals surface area contributed by atoms with Gasteiger partial charge in [0.05, 0.1) is 20.6 Å². The van der Waals surface area contributed by atoms with Gasteiger partial charge in [0.1, 0.15) is 12.3 Å². The molecule has 0 aliphatic rings. The van der Waals surface area contributed by atoms with E-state index in [9.17, 15) is 5.11 Å². The van der Waals surface area contributed by atoms with Crippen LogP contribution >= 0.6 is 0 Å². The molecular formula is C29H54BrNO. The Labute approximate surface area is 211 Å². The molecule has 188 valence electrons. The van der Waals surface area contributed by atoms with E-state index in [0.717, 1.165) is 22.2 Å². The maximum absolute atomic E-state index is 11.0. The van der Waals surface area contributed by atoms with E-state index in [1.54, 1.807) is 0 Å². The summed E-state index contributed by atoms with van der Waals surface area (Å²) >= 11 is 0. The second kappa shape index (κ2) is 14.0. The number of hydrogen-bond donors (Lipinski definition) is 1. The minimum atomic E-state index is -0.0617. The second-order valence-corrected chi connectivity index (χ2v) is 12.5. The van der Waals surface area contributed by atoms with Crippen molar-refractivity contribution in [2.45, 2.75) is 130 Å². The van der Waals surface area contributed by atoms with Crippen molar-refractivity contribution in [2.75, 3.05) is 20.6 Å². The predicted molar refractivity (Wildman–Crippen MR) is 138 cm³/mol. The summed E-state index contributed by atoms with van der Waals surface area (Å²) in [7, 11) is 4.71. The highest BCUT2D eigenvalue weighted by Gasteiger charge is 2.28. The molecule has 1 aromatic rings. The van der Waals surface area contributed by atoms with Crippen LogP contribution in [0.5, 0.6) is 5.75 Å². The zero-order valence-electron chi connectivity index (χ0n) is 22.9. The smallest absolute Gasteiger partial charge is 0.123 e. The molecule has 0 bridgehead atoms. The first kappa shape index (κ1) is 31.5. The van der Waals surface area contributed by atoms with Crippen molar-refractivity contribution < 1.29 is 26.6 Å².